The fourth-order valence-electron chi connectivity index (χ4n) is 2.31. The van der Waals surface area contributed by atoms with E-state index in [0.29, 0.717) is 11.5 Å². The third kappa shape index (κ3) is 2.17. The smallest absolute Gasteiger partial charge is 0.264 e. The first-order chi connectivity index (χ1) is 10.7. The minimum absolute atomic E-state index is 0.0926. The van der Waals surface area contributed by atoms with Crippen LogP contribution in [0.15, 0.2) is 57.4 Å². The quantitative estimate of drug-likeness (QED) is 0.560. The molecule has 5 nitrogen and oxygen atoms in total. The fraction of sp³-hybridized carbons (Fsp3) is 0. The lowest BCUT2D eigenvalue weighted by molar-refractivity contribution is 0.473. The SMILES string of the molecule is Oc1ccc(Br)cc1-c1nnc(-c2cc3ccccc3[nH]2)o1. The number of nitrogens with one attached hydrogen (secondary N) is 1. The summed E-state index contributed by atoms with van der Waals surface area (Å²) >= 11 is 3.36. The van der Waals surface area contributed by atoms with Gasteiger partial charge in [0.05, 0.1) is 5.56 Å². The van der Waals surface area contributed by atoms with Gasteiger partial charge in [-0.05, 0) is 30.3 Å². The van der Waals surface area contributed by atoms with Gasteiger partial charge < -0.3 is 14.5 Å². The van der Waals surface area contributed by atoms with Gasteiger partial charge in [-0.15, -0.1) is 10.2 Å². The first-order valence-electron chi connectivity index (χ1n) is 6.61. The van der Waals surface area contributed by atoms with Crippen molar-refractivity contribution in [3.8, 4) is 28.8 Å². The zero-order valence-electron chi connectivity index (χ0n) is 11.2. The summed E-state index contributed by atoms with van der Waals surface area (Å²) in [5, 5.41) is 19.1. The van der Waals surface area contributed by atoms with Crippen LogP contribution in [-0.2, 0) is 0 Å². The summed E-state index contributed by atoms with van der Waals surface area (Å²) in [7, 11) is 0. The lowest BCUT2D eigenvalue weighted by atomic mass is 10.2. The molecule has 0 radical (unpaired) electrons. The highest BCUT2D eigenvalue weighted by molar-refractivity contribution is 9.10. The number of aromatic hydroxyl groups is 1. The molecule has 4 aromatic rings. The monoisotopic (exact) mass is 355 g/mol. The van der Waals surface area contributed by atoms with E-state index in [1.807, 2.05) is 30.3 Å². The Labute approximate surface area is 133 Å². The van der Waals surface area contributed by atoms with Gasteiger partial charge in [-0.25, -0.2) is 0 Å². The number of hydrogen-bond donors (Lipinski definition) is 2. The van der Waals surface area contributed by atoms with Gasteiger partial charge in [0.1, 0.15) is 11.4 Å². The summed E-state index contributed by atoms with van der Waals surface area (Å²) in [4.78, 5) is 3.23. The van der Waals surface area contributed by atoms with Gasteiger partial charge in [-0.3, -0.25) is 0 Å². The van der Waals surface area contributed by atoms with E-state index in [1.165, 1.54) is 0 Å². The van der Waals surface area contributed by atoms with Gasteiger partial charge in [0.15, 0.2) is 0 Å². The number of halogens is 1. The molecule has 0 unspecified atom stereocenters. The summed E-state index contributed by atoms with van der Waals surface area (Å²) in [6.45, 7) is 0. The Morgan fingerprint density at radius 3 is 2.68 bits per heavy atom. The lowest BCUT2D eigenvalue weighted by Gasteiger charge is -1.99. The summed E-state index contributed by atoms with van der Waals surface area (Å²) in [5.74, 6) is 0.744. The van der Waals surface area contributed by atoms with Gasteiger partial charge in [-0.1, -0.05) is 34.1 Å². The molecule has 4 rings (SSSR count). The summed E-state index contributed by atoms with van der Waals surface area (Å²) < 4.78 is 6.51. The Balaban J connectivity index is 1.79. The Bertz CT molecular complexity index is 941. The van der Waals surface area contributed by atoms with Gasteiger partial charge in [0.25, 0.3) is 11.8 Å². The highest BCUT2D eigenvalue weighted by atomic mass is 79.9. The maximum atomic E-state index is 9.93. The van der Waals surface area contributed by atoms with Gasteiger partial charge in [-0.2, -0.15) is 0 Å². The Hall–Kier alpha value is -2.60. The molecule has 22 heavy (non-hydrogen) atoms. The van der Waals surface area contributed by atoms with Crippen molar-refractivity contribution in [2.24, 2.45) is 0 Å². The molecule has 6 heteroatoms. The predicted molar refractivity (Wildman–Crippen MR) is 86.4 cm³/mol. The molecular weight excluding hydrogens is 346 g/mol. The van der Waals surface area contributed by atoms with E-state index in [4.69, 9.17) is 4.42 Å². The number of aromatic amines is 1. The zero-order chi connectivity index (χ0) is 15.1. The number of phenolic OH excluding ortho intramolecular Hbond substituents is 1. The third-order valence-corrected chi connectivity index (χ3v) is 3.87. The molecule has 0 aliphatic heterocycles. The summed E-state index contributed by atoms with van der Waals surface area (Å²) in [6.07, 6.45) is 0. The van der Waals surface area contributed by atoms with Crippen LogP contribution in [0.5, 0.6) is 5.75 Å². The van der Waals surface area contributed by atoms with E-state index in [2.05, 4.69) is 31.1 Å². The normalized spacial score (nSPS) is 11.1. The number of benzene rings is 2. The fourth-order valence-corrected chi connectivity index (χ4v) is 2.67. The topological polar surface area (TPSA) is 74.9 Å². The number of hydrogen-bond acceptors (Lipinski definition) is 4. The van der Waals surface area contributed by atoms with Crippen molar-refractivity contribution in [2.75, 3.05) is 0 Å². The van der Waals surface area contributed by atoms with Crippen molar-refractivity contribution in [2.45, 2.75) is 0 Å². The number of nitrogens with zero attached hydrogens (tertiary/aromatic N) is 2. The minimum atomic E-state index is 0.0926. The second-order valence-corrected chi connectivity index (χ2v) is 5.76. The van der Waals surface area contributed by atoms with E-state index < -0.39 is 0 Å². The van der Waals surface area contributed by atoms with Crippen LogP contribution >= 0.6 is 15.9 Å². The predicted octanol–water partition coefficient (Wildman–Crippen LogP) is 4.35. The van der Waals surface area contributed by atoms with E-state index in [9.17, 15) is 5.11 Å². The first kappa shape index (κ1) is 13.1. The standard InChI is InChI=1S/C16H10BrN3O2/c17-10-5-6-14(21)11(8-10)15-19-20-16(22-15)13-7-9-3-1-2-4-12(9)18-13/h1-8,18,21H. The van der Waals surface area contributed by atoms with E-state index >= 15 is 0 Å². The Morgan fingerprint density at radius 1 is 1.00 bits per heavy atom. The van der Waals surface area contributed by atoms with E-state index in [-0.39, 0.29) is 11.6 Å². The molecule has 0 saturated carbocycles. The van der Waals surface area contributed by atoms with Crippen LogP contribution in [0.1, 0.15) is 0 Å². The average molecular weight is 356 g/mol. The molecule has 0 saturated heterocycles. The molecule has 0 fully saturated rings. The highest BCUT2D eigenvalue weighted by Gasteiger charge is 2.15. The number of para-hydroxylation sites is 1. The molecular formula is C16H10BrN3O2. The van der Waals surface area contributed by atoms with E-state index in [1.54, 1.807) is 18.2 Å². The van der Waals surface area contributed by atoms with Crippen molar-refractivity contribution in [1.29, 1.82) is 0 Å². The van der Waals surface area contributed by atoms with Crippen molar-refractivity contribution in [1.82, 2.24) is 15.2 Å². The Kier molecular flexibility index (Phi) is 2.97. The molecule has 108 valence electrons. The molecule has 2 aromatic heterocycles. The Morgan fingerprint density at radius 2 is 1.82 bits per heavy atom. The number of rotatable bonds is 2. The van der Waals surface area contributed by atoms with Crippen LogP contribution in [0.2, 0.25) is 0 Å². The van der Waals surface area contributed by atoms with Gasteiger partial charge in [0.2, 0.25) is 0 Å². The molecule has 0 aliphatic carbocycles. The third-order valence-electron chi connectivity index (χ3n) is 3.37. The van der Waals surface area contributed by atoms with Crippen LogP contribution in [0.4, 0.5) is 0 Å². The molecule has 0 atom stereocenters. The number of fused-ring (bicyclic) bond motifs is 1. The van der Waals surface area contributed by atoms with Gasteiger partial charge in [0, 0.05) is 15.4 Å². The van der Waals surface area contributed by atoms with Crippen LogP contribution in [0, 0.1) is 0 Å². The minimum Gasteiger partial charge on any atom is -0.507 e. The second-order valence-electron chi connectivity index (χ2n) is 4.84. The van der Waals surface area contributed by atoms with Crippen molar-refractivity contribution in [3.63, 3.8) is 0 Å². The number of H-pyrrole nitrogens is 1. The average Bonchev–Trinajstić information content (AvgIpc) is 3.15. The molecule has 0 bridgehead atoms. The summed E-state index contributed by atoms with van der Waals surface area (Å²) in [6, 6.07) is 14.9. The lowest BCUT2D eigenvalue weighted by Crippen LogP contribution is -1.79. The van der Waals surface area contributed by atoms with Crippen LogP contribution < -0.4 is 0 Å². The molecule has 2 heterocycles. The molecule has 0 spiro atoms. The van der Waals surface area contributed by atoms with Crippen molar-refractivity contribution >= 4 is 26.8 Å². The van der Waals surface area contributed by atoms with Crippen LogP contribution in [-0.4, -0.2) is 20.3 Å². The molecule has 0 aliphatic rings. The maximum Gasteiger partial charge on any atom is 0.264 e. The maximum absolute atomic E-state index is 9.93. The summed E-state index contributed by atoms with van der Waals surface area (Å²) in [5.41, 5.74) is 2.24. The zero-order valence-corrected chi connectivity index (χ0v) is 12.8. The highest BCUT2D eigenvalue weighted by Crippen LogP contribution is 2.32. The molecule has 2 aromatic carbocycles. The molecule has 0 amide bonds. The van der Waals surface area contributed by atoms with Crippen molar-refractivity contribution < 1.29 is 9.52 Å². The van der Waals surface area contributed by atoms with Crippen LogP contribution in [0.25, 0.3) is 33.9 Å². The van der Waals surface area contributed by atoms with Crippen molar-refractivity contribution in [3.05, 3.63) is 53.0 Å². The number of phenols is 1. The first-order valence-corrected chi connectivity index (χ1v) is 7.40. The number of aromatic nitrogens is 3. The molecule has 2 N–H and O–H groups in total. The van der Waals surface area contributed by atoms with Gasteiger partial charge >= 0.3 is 0 Å². The largest absolute Gasteiger partial charge is 0.507 e. The van der Waals surface area contributed by atoms with Crippen LogP contribution in [0.3, 0.4) is 0 Å². The second kappa shape index (κ2) is 4.99. The van der Waals surface area contributed by atoms with E-state index in [0.717, 1.165) is 21.1 Å².